The van der Waals surface area contributed by atoms with E-state index in [1.165, 1.54) is 0 Å². The Hall–Kier alpha value is -2.84. The van der Waals surface area contributed by atoms with Gasteiger partial charge in [0.2, 0.25) is 5.91 Å². The van der Waals surface area contributed by atoms with E-state index in [9.17, 15) is 18.0 Å². The molecule has 152 valence electrons. The van der Waals surface area contributed by atoms with Crippen LogP contribution >= 0.6 is 0 Å². The van der Waals surface area contributed by atoms with Crippen LogP contribution < -0.4 is 4.90 Å². The fourth-order valence-corrected chi connectivity index (χ4v) is 4.19. The SMILES string of the molecule is Cc1noc(C)c1-c1cc(N2C(=O)CC[C@H]2C(F)(F)F)c2nc(C3CC3)[nH]c2c1. The number of carbonyl (C=O) groups excluding carboxylic acids is 1. The minimum Gasteiger partial charge on any atom is -0.361 e. The van der Waals surface area contributed by atoms with Gasteiger partial charge in [-0.25, -0.2) is 4.98 Å². The van der Waals surface area contributed by atoms with Crippen molar-refractivity contribution in [2.45, 2.75) is 57.7 Å². The minimum absolute atomic E-state index is 0.138. The number of anilines is 1. The van der Waals surface area contributed by atoms with Crippen molar-refractivity contribution < 1.29 is 22.5 Å². The Balaban J connectivity index is 1.75. The summed E-state index contributed by atoms with van der Waals surface area (Å²) in [5, 5.41) is 3.95. The number of halogens is 3. The normalized spacial score (nSPS) is 20.2. The van der Waals surface area contributed by atoms with Gasteiger partial charge in [0, 0.05) is 17.9 Å². The molecular weight excluding hydrogens is 385 g/mol. The van der Waals surface area contributed by atoms with Crippen LogP contribution in [0, 0.1) is 13.8 Å². The third-order valence-electron chi connectivity index (χ3n) is 5.72. The number of carbonyl (C=O) groups is 1. The Morgan fingerprint density at radius 1 is 1.21 bits per heavy atom. The molecule has 2 fully saturated rings. The number of fused-ring (bicyclic) bond motifs is 1. The Labute approximate surface area is 164 Å². The molecule has 1 aliphatic heterocycles. The first-order valence-electron chi connectivity index (χ1n) is 9.59. The van der Waals surface area contributed by atoms with Crippen molar-refractivity contribution in [1.82, 2.24) is 15.1 Å². The first-order chi connectivity index (χ1) is 13.7. The highest BCUT2D eigenvalue weighted by molar-refractivity contribution is 6.05. The summed E-state index contributed by atoms with van der Waals surface area (Å²) in [6.45, 7) is 3.53. The molecule has 5 rings (SSSR count). The summed E-state index contributed by atoms with van der Waals surface area (Å²) >= 11 is 0. The number of alkyl halides is 3. The number of aryl methyl sites for hydroxylation is 2. The van der Waals surface area contributed by atoms with E-state index >= 15 is 0 Å². The van der Waals surface area contributed by atoms with E-state index < -0.39 is 18.1 Å². The number of hydrogen-bond donors (Lipinski definition) is 1. The highest BCUT2D eigenvalue weighted by atomic mass is 19.4. The van der Waals surface area contributed by atoms with Gasteiger partial charge < -0.3 is 9.51 Å². The number of aromatic amines is 1. The second-order valence-electron chi connectivity index (χ2n) is 7.85. The maximum atomic E-state index is 13.7. The second-order valence-corrected chi connectivity index (χ2v) is 7.85. The smallest absolute Gasteiger partial charge is 0.361 e. The van der Waals surface area contributed by atoms with Gasteiger partial charge in [-0.15, -0.1) is 0 Å². The van der Waals surface area contributed by atoms with Gasteiger partial charge in [-0.05, 0) is 50.8 Å². The molecule has 6 nitrogen and oxygen atoms in total. The molecule has 1 aliphatic carbocycles. The van der Waals surface area contributed by atoms with E-state index in [1.54, 1.807) is 19.9 Å². The first-order valence-corrected chi connectivity index (χ1v) is 9.59. The number of imidazole rings is 1. The fraction of sp³-hybridized carbons (Fsp3) is 0.450. The molecular formula is C20H19F3N4O2. The average Bonchev–Trinajstić information content (AvgIpc) is 3.14. The highest BCUT2D eigenvalue weighted by Gasteiger charge is 2.50. The lowest BCUT2D eigenvalue weighted by molar-refractivity contribution is -0.148. The molecule has 0 radical (unpaired) electrons. The first kappa shape index (κ1) is 18.2. The zero-order valence-corrected chi connectivity index (χ0v) is 15.9. The maximum absolute atomic E-state index is 13.7. The molecule has 0 unspecified atom stereocenters. The van der Waals surface area contributed by atoms with Crippen molar-refractivity contribution in [3.05, 3.63) is 29.4 Å². The van der Waals surface area contributed by atoms with Gasteiger partial charge in [0.15, 0.2) is 0 Å². The zero-order valence-electron chi connectivity index (χ0n) is 15.9. The van der Waals surface area contributed by atoms with Crippen LogP contribution in [0.3, 0.4) is 0 Å². The third kappa shape index (κ3) is 2.90. The molecule has 0 bridgehead atoms. The lowest BCUT2D eigenvalue weighted by Crippen LogP contribution is -2.43. The molecule has 1 saturated heterocycles. The predicted molar refractivity (Wildman–Crippen MR) is 99.6 cm³/mol. The van der Waals surface area contributed by atoms with E-state index in [2.05, 4.69) is 15.1 Å². The van der Waals surface area contributed by atoms with Crippen molar-refractivity contribution in [3.8, 4) is 11.1 Å². The summed E-state index contributed by atoms with van der Waals surface area (Å²) in [4.78, 5) is 21.2. The number of amides is 1. The molecule has 29 heavy (non-hydrogen) atoms. The number of hydrogen-bond acceptors (Lipinski definition) is 4. The van der Waals surface area contributed by atoms with Crippen molar-refractivity contribution >= 4 is 22.6 Å². The summed E-state index contributed by atoms with van der Waals surface area (Å²) in [5.74, 6) is 1.08. The second kappa shape index (κ2) is 6.08. The molecule has 0 spiro atoms. The van der Waals surface area contributed by atoms with Crippen LogP contribution in [0.4, 0.5) is 18.9 Å². The Morgan fingerprint density at radius 3 is 2.59 bits per heavy atom. The lowest BCUT2D eigenvalue weighted by Gasteiger charge is -2.27. The third-order valence-corrected chi connectivity index (χ3v) is 5.72. The van der Waals surface area contributed by atoms with Gasteiger partial charge in [0.05, 0.1) is 16.9 Å². The van der Waals surface area contributed by atoms with Crippen LogP contribution in [-0.4, -0.2) is 33.2 Å². The molecule has 9 heteroatoms. The van der Waals surface area contributed by atoms with E-state index in [-0.39, 0.29) is 18.5 Å². The van der Waals surface area contributed by atoms with Crippen LogP contribution in [0.5, 0.6) is 0 Å². The van der Waals surface area contributed by atoms with Gasteiger partial charge in [-0.1, -0.05) is 5.16 Å². The van der Waals surface area contributed by atoms with Gasteiger partial charge in [0.25, 0.3) is 0 Å². The lowest BCUT2D eigenvalue weighted by atomic mass is 10.0. The van der Waals surface area contributed by atoms with Crippen LogP contribution in [-0.2, 0) is 4.79 Å². The average molecular weight is 404 g/mol. The topological polar surface area (TPSA) is 75.0 Å². The highest BCUT2D eigenvalue weighted by Crippen LogP contribution is 2.44. The van der Waals surface area contributed by atoms with Gasteiger partial charge in [-0.2, -0.15) is 13.2 Å². The summed E-state index contributed by atoms with van der Waals surface area (Å²) in [6.07, 6.45) is -2.90. The summed E-state index contributed by atoms with van der Waals surface area (Å²) in [7, 11) is 0. The number of rotatable bonds is 3. The zero-order chi connectivity index (χ0) is 20.5. The van der Waals surface area contributed by atoms with Crippen LogP contribution in [0.1, 0.15) is 48.9 Å². The van der Waals surface area contributed by atoms with Crippen molar-refractivity contribution in [3.63, 3.8) is 0 Å². The van der Waals surface area contributed by atoms with Gasteiger partial charge in [0.1, 0.15) is 23.1 Å². The molecule has 1 aromatic carbocycles. The number of benzene rings is 1. The maximum Gasteiger partial charge on any atom is 0.409 e. The van der Waals surface area contributed by atoms with E-state index in [0.29, 0.717) is 39.5 Å². The predicted octanol–water partition coefficient (Wildman–Crippen LogP) is 4.77. The fourth-order valence-electron chi connectivity index (χ4n) is 4.19. The standard InChI is InChI=1S/C20H19F3N4O2/c1-9-17(10(2)29-26-9)12-7-13-18(25-19(24-13)11-3-4-11)14(8-12)27-15(20(21,22)23)5-6-16(27)28/h7-8,11,15H,3-6H2,1-2H3,(H,24,25)/t15-/m0/s1. The molecule has 1 saturated carbocycles. The minimum atomic E-state index is -4.51. The summed E-state index contributed by atoms with van der Waals surface area (Å²) in [5.41, 5.74) is 3.19. The quantitative estimate of drug-likeness (QED) is 0.682. The van der Waals surface area contributed by atoms with Crippen LogP contribution in [0.25, 0.3) is 22.2 Å². The molecule has 1 amide bonds. The summed E-state index contributed by atoms with van der Waals surface area (Å²) < 4.78 is 46.2. The Bertz CT molecular complexity index is 1110. The Kier molecular flexibility index (Phi) is 3.81. The number of aromatic nitrogens is 3. The molecule has 3 heterocycles. The van der Waals surface area contributed by atoms with Crippen LogP contribution in [0.15, 0.2) is 16.7 Å². The van der Waals surface area contributed by atoms with Gasteiger partial charge >= 0.3 is 6.18 Å². The van der Waals surface area contributed by atoms with E-state index in [1.807, 2.05) is 6.07 Å². The number of H-pyrrole nitrogens is 1. The summed E-state index contributed by atoms with van der Waals surface area (Å²) in [6, 6.07) is 1.60. The van der Waals surface area contributed by atoms with Crippen molar-refractivity contribution in [2.24, 2.45) is 0 Å². The monoisotopic (exact) mass is 404 g/mol. The molecule has 2 aromatic heterocycles. The van der Waals surface area contributed by atoms with Crippen LogP contribution in [0.2, 0.25) is 0 Å². The van der Waals surface area contributed by atoms with Crippen molar-refractivity contribution in [2.75, 3.05) is 4.90 Å². The van der Waals surface area contributed by atoms with Crippen molar-refractivity contribution in [1.29, 1.82) is 0 Å². The number of nitrogens with zero attached hydrogens (tertiary/aromatic N) is 3. The van der Waals surface area contributed by atoms with E-state index in [0.717, 1.165) is 23.6 Å². The van der Waals surface area contributed by atoms with Gasteiger partial charge in [-0.3, -0.25) is 9.69 Å². The molecule has 1 N–H and O–H groups in total. The van der Waals surface area contributed by atoms with E-state index in [4.69, 9.17) is 4.52 Å². The number of nitrogens with one attached hydrogen (secondary N) is 1. The molecule has 3 aromatic rings. The largest absolute Gasteiger partial charge is 0.409 e. The molecule has 2 aliphatic rings. The Morgan fingerprint density at radius 2 is 1.97 bits per heavy atom. The molecule has 1 atom stereocenters.